The fourth-order valence-electron chi connectivity index (χ4n) is 2.37. The highest BCUT2D eigenvalue weighted by atomic mass is 32.1. The van der Waals surface area contributed by atoms with E-state index in [0.717, 1.165) is 20.5 Å². The molecule has 1 aromatic carbocycles. The molecular weight excluding hydrogens is 310 g/mol. The van der Waals surface area contributed by atoms with Crippen molar-refractivity contribution in [1.29, 1.82) is 0 Å². The number of amides is 1. The van der Waals surface area contributed by atoms with Gasteiger partial charge in [-0.25, -0.2) is 0 Å². The van der Waals surface area contributed by atoms with Crippen LogP contribution in [-0.2, 0) is 11.3 Å². The summed E-state index contributed by atoms with van der Waals surface area (Å²) in [4.78, 5) is 12.7. The van der Waals surface area contributed by atoms with Gasteiger partial charge in [0.2, 0.25) is 5.91 Å². The zero-order valence-electron chi connectivity index (χ0n) is 12.9. The van der Waals surface area contributed by atoms with Crippen LogP contribution in [-0.4, -0.2) is 27.3 Å². The minimum Gasteiger partial charge on any atom is -0.386 e. The first-order valence-corrected chi connectivity index (χ1v) is 8.36. The van der Waals surface area contributed by atoms with Crippen LogP contribution in [0.3, 0.4) is 0 Å². The lowest BCUT2D eigenvalue weighted by molar-refractivity contribution is -0.121. The van der Waals surface area contributed by atoms with Crippen molar-refractivity contribution in [3.05, 3.63) is 53.2 Å². The Morgan fingerprint density at radius 2 is 2.26 bits per heavy atom. The van der Waals surface area contributed by atoms with Gasteiger partial charge in [-0.2, -0.15) is 5.10 Å². The third kappa shape index (κ3) is 3.97. The van der Waals surface area contributed by atoms with E-state index >= 15 is 0 Å². The Bertz CT molecular complexity index is 776. The molecule has 1 atom stereocenters. The van der Waals surface area contributed by atoms with Gasteiger partial charge in [0, 0.05) is 35.3 Å². The normalized spacial score (nSPS) is 12.4. The number of hydrogen-bond acceptors (Lipinski definition) is 4. The topological polar surface area (TPSA) is 67.2 Å². The largest absolute Gasteiger partial charge is 0.386 e. The smallest absolute Gasteiger partial charge is 0.221 e. The quantitative estimate of drug-likeness (QED) is 0.730. The van der Waals surface area contributed by atoms with Crippen LogP contribution in [0.4, 0.5) is 0 Å². The van der Waals surface area contributed by atoms with Gasteiger partial charge in [-0.3, -0.25) is 9.48 Å². The van der Waals surface area contributed by atoms with Gasteiger partial charge in [-0.1, -0.05) is 18.2 Å². The molecule has 0 fully saturated rings. The summed E-state index contributed by atoms with van der Waals surface area (Å²) in [6.45, 7) is 2.73. The van der Waals surface area contributed by atoms with Crippen molar-refractivity contribution < 1.29 is 9.90 Å². The predicted octanol–water partition coefficient (Wildman–Crippen LogP) is 2.65. The number of hydrogen-bond donors (Lipinski definition) is 2. The second-order valence-electron chi connectivity index (χ2n) is 5.54. The van der Waals surface area contributed by atoms with Gasteiger partial charge >= 0.3 is 0 Å². The standard InChI is InChI=1S/C17H19N3O2S/c1-12-9-19-20(11-12)7-6-17(22)18-10-14(21)16-8-13-4-2-3-5-15(13)23-16/h2-5,8-9,11,14,21H,6-7,10H2,1H3,(H,18,22). The average Bonchev–Trinajstić information content (AvgIpc) is 3.16. The first-order valence-electron chi connectivity index (χ1n) is 7.54. The van der Waals surface area contributed by atoms with Gasteiger partial charge in [0.15, 0.2) is 0 Å². The number of aromatic nitrogens is 2. The number of fused-ring (bicyclic) bond motifs is 1. The number of rotatable bonds is 6. The molecule has 6 heteroatoms. The molecule has 0 aliphatic rings. The Morgan fingerprint density at radius 3 is 3.00 bits per heavy atom. The lowest BCUT2D eigenvalue weighted by Crippen LogP contribution is -2.28. The minimum atomic E-state index is -0.678. The highest BCUT2D eigenvalue weighted by Crippen LogP contribution is 2.29. The molecule has 120 valence electrons. The molecule has 2 aromatic heterocycles. The molecule has 3 aromatic rings. The van der Waals surface area contributed by atoms with Crippen LogP contribution in [0.1, 0.15) is 23.0 Å². The first kappa shape index (κ1) is 15.7. The van der Waals surface area contributed by atoms with E-state index in [0.29, 0.717) is 13.0 Å². The highest BCUT2D eigenvalue weighted by Gasteiger charge is 2.12. The number of carbonyl (C=O) groups is 1. The number of benzene rings is 1. The van der Waals surface area contributed by atoms with Gasteiger partial charge < -0.3 is 10.4 Å². The summed E-state index contributed by atoms with van der Waals surface area (Å²) in [5.41, 5.74) is 1.07. The molecule has 3 rings (SSSR count). The maximum Gasteiger partial charge on any atom is 0.221 e. The summed E-state index contributed by atoms with van der Waals surface area (Å²) >= 11 is 1.55. The molecule has 0 radical (unpaired) electrons. The van der Waals surface area contributed by atoms with Crippen LogP contribution >= 0.6 is 11.3 Å². The fourth-order valence-corrected chi connectivity index (χ4v) is 3.42. The predicted molar refractivity (Wildman–Crippen MR) is 91.4 cm³/mol. The molecule has 2 heterocycles. The van der Waals surface area contributed by atoms with Gasteiger partial charge in [0.1, 0.15) is 6.10 Å². The van der Waals surface area contributed by atoms with Crippen molar-refractivity contribution in [1.82, 2.24) is 15.1 Å². The summed E-state index contributed by atoms with van der Waals surface area (Å²) in [6, 6.07) is 9.98. The molecule has 2 N–H and O–H groups in total. The minimum absolute atomic E-state index is 0.0849. The van der Waals surface area contributed by atoms with Crippen LogP contribution in [0.25, 0.3) is 10.1 Å². The molecule has 5 nitrogen and oxygen atoms in total. The van der Waals surface area contributed by atoms with E-state index in [1.165, 1.54) is 0 Å². The third-order valence-electron chi connectivity index (χ3n) is 3.60. The number of carbonyl (C=O) groups excluding carboxylic acids is 1. The number of nitrogens with one attached hydrogen (secondary N) is 1. The number of aliphatic hydroxyl groups is 1. The van der Waals surface area contributed by atoms with E-state index in [9.17, 15) is 9.90 Å². The SMILES string of the molecule is Cc1cnn(CCC(=O)NCC(O)c2cc3ccccc3s2)c1. The van der Waals surface area contributed by atoms with E-state index < -0.39 is 6.10 Å². The number of thiophene rings is 1. The number of nitrogens with zero attached hydrogens (tertiary/aromatic N) is 2. The highest BCUT2D eigenvalue weighted by molar-refractivity contribution is 7.19. The molecule has 23 heavy (non-hydrogen) atoms. The summed E-state index contributed by atoms with van der Waals surface area (Å²) in [5, 5.41) is 18.3. The van der Waals surface area contributed by atoms with E-state index in [4.69, 9.17) is 0 Å². The van der Waals surface area contributed by atoms with Crippen molar-refractivity contribution in [3.8, 4) is 0 Å². The molecule has 0 bridgehead atoms. The third-order valence-corrected chi connectivity index (χ3v) is 4.81. The van der Waals surface area contributed by atoms with E-state index in [1.54, 1.807) is 22.2 Å². The first-order chi connectivity index (χ1) is 11.1. The maximum atomic E-state index is 11.9. The molecule has 0 aliphatic carbocycles. The summed E-state index contributed by atoms with van der Waals surface area (Å²) < 4.78 is 2.89. The van der Waals surface area contributed by atoms with Crippen LogP contribution in [0.15, 0.2) is 42.7 Å². The summed E-state index contributed by atoms with van der Waals surface area (Å²) in [5.74, 6) is -0.0849. The van der Waals surface area contributed by atoms with Crippen LogP contribution in [0.2, 0.25) is 0 Å². The summed E-state index contributed by atoms with van der Waals surface area (Å²) in [6.07, 6.45) is 3.34. The molecule has 0 spiro atoms. The van der Waals surface area contributed by atoms with E-state index in [2.05, 4.69) is 10.4 Å². The average molecular weight is 329 g/mol. The second-order valence-corrected chi connectivity index (χ2v) is 6.65. The molecule has 1 unspecified atom stereocenters. The van der Waals surface area contributed by atoms with Crippen LogP contribution in [0.5, 0.6) is 0 Å². The Morgan fingerprint density at radius 1 is 1.43 bits per heavy atom. The maximum absolute atomic E-state index is 11.9. The number of aliphatic hydroxyl groups excluding tert-OH is 1. The zero-order valence-corrected chi connectivity index (χ0v) is 13.7. The van der Waals surface area contributed by atoms with Gasteiger partial charge in [-0.05, 0) is 30.0 Å². The van der Waals surface area contributed by atoms with Crippen molar-refractivity contribution in [2.45, 2.75) is 26.0 Å². The Balaban J connectivity index is 1.49. The van der Waals surface area contributed by atoms with Crippen LogP contribution < -0.4 is 5.32 Å². The molecule has 0 saturated heterocycles. The Hall–Kier alpha value is -2.18. The van der Waals surface area contributed by atoms with Gasteiger partial charge in [0.05, 0.1) is 6.20 Å². The van der Waals surface area contributed by atoms with Crippen molar-refractivity contribution in [2.75, 3.05) is 6.54 Å². The molecular formula is C17H19N3O2S. The van der Waals surface area contributed by atoms with Crippen molar-refractivity contribution >= 4 is 27.3 Å². The fraction of sp³-hybridized carbons (Fsp3) is 0.294. The van der Waals surface area contributed by atoms with E-state index in [-0.39, 0.29) is 12.5 Å². The Labute approximate surface area is 138 Å². The monoisotopic (exact) mass is 329 g/mol. The Kier molecular flexibility index (Phi) is 4.73. The van der Waals surface area contributed by atoms with Gasteiger partial charge in [-0.15, -0.1) is 11.3 Å². The zero-order chi connectivity index (χ0) is 16.2. The molecule has 0 aliphatic heterocycles. The lowest BCUT2D eigenvalue weighted by Gasteiger charge is -2.10. The van der Waals surface area contributed by atoms with Crippen LogP contribution in [0, 0.1) is 6.92 Å². The van der Waals surface area contributed by atoms with E-state index in [1.807, 2.05) is 43.5 Å². The van der Waals surface area contributed by atoms with Crippen molar-refractivity contribution in [2.24, 2.45) is 0 Å². The van der Waals surface area contributed by atoms with Crippen molar-refractivity contribution in [3.63, 3.8) is 0 Å². The summed E-state index contributed by atoms with van der Waals surface area (Å²) in [7, 11) is 0. The molecule has 0 saturated carbocycles. The lowest BCUT2D eigenvalue weighted by atomic mass is 10.2. The molecule has 1 amide bonds. The van der Waals surface area contributed by atoms with Gasteiger partial charge in [0.25, 0.3) is 0 Å². The number of aryl methyl sites for hydroxylation is 2. The second kappa shape index (κ2) is 6.93.